The van der Waals surface area contributed by atoms with E-state index in [2.05, 4.69) is 10.3 Å². The largest absolute Gasteiger partial charge is 0.497 e. The Kier molecular flexibility index (Phi) is 4.71. The fourth-order valence-electron chi connectivity index (χ4n) is 4.08. The highest BCUT2D eigenvalue weighted by Crippen LogP contribution is 2.40. The highest BCUT2D eigenvalue weighted by atomic mass is 32.1. The summed E-state index contributed by atoms with van der Waals surface area (Å²) < 4.78 is 6.82. The lowest BCUT2D eigenvalue weighted by molar-refractivity contribution is 0.0902. The summed E-state index contributed by atoms with van der Waals surface area (Å²) in [6.45, 7) is 1.82. The number of aromatic nitrogens is 2. The molecule has 1 aromatic carbocycles. The Morgan fingerprint density at radius 2 is 2.07 bits per heavy atom. The first-order valence-corrected chi connectivity index (χ1v) is 10.2. The molecule has 0 unspecified atom stereocenters. The Morgan fingerprint density at radius 3 is 2.79 bits per heavy atom. The number of ether oxygens (including phenoxy) is 1. The van der Waals surface area contributed by atoms with Crippen molar-refractivity contribution >= 4 is 27.5 Å². The van der Waals surface area contributed by atoms with Gasteiger partial charge in [-0.05, 0) is 43.0 Å². The lowest BCUT2D eigenvalue weighted by Crippen LogP contribution is -2.43. The molecule has 1 fully saturated rings. The summed E-state index contributed by atoms with van der Waals surface area (Å²) in [5.74, 6) is 0.635. The molecule has 28 heavy (non-hydrogen) atoms. The lowest BCUT2D eigenvalue weighted by atomic mass is 9.87. The van der Waals surface area contributed by atoms with Crippen LogP contribution in [0.4, 0.5) is 0 Å². The van der Waals surface area contributed by atoms with E-state index in [0.717, 1.165) is 37.0 Å². The van der Waals surface area contributed by atoms with Gasteiger partial charge < -0.3 is 14.6 Å². The molecule has 0 radical (unpaired) electrons. The minimum atomic E-state index is -0.410. The first kappa shape index (κ1) is 18.7. The zero-order valence-electron chi connectivity index (χ0n) is 16.2. The van der Waals surface area contributed by atoms with Crippen molar-refractivity contribution in [3.63, 3.8) is 0 Å². The monoisotopic (exact) mass is 397 g/mol. The first-order valence-electron chi connectivity index (χ1n) is 9.37. The van der Waals surface area contributed by atoms with Gasteiger partial charge in [0.05, 0.1) is 29.2 Å². The molecule has 1 amide bonds. The summed E-state index contributed by atoms with van der Waals surface area (Å²) in [6, 6.07) is 7.91. The van der Waals surface area contributed by atoms with Crippen LogP contribution in [0.2, 0.25) is 0 Å². The zero-order chi connectivity index (χ0) is 19.9. The fraction of sp³-hybridized carbons (Fsp3) is 0.381. The van der Waals surface area contributed by atoms with Crippen molar-refractivity contribution in [1.82, 2.24) is 14.9 Å². The number of hydrogen-bond acceptors (Lipinski definition) is 5. The third-order valence-corrected chi connectivity index (χ3v) is 6.85. The van der Waals surface area contributed by atoms with Crippen LogP contribution < -0.4 is 15.6 Å². The molecular weight excluding hydrogens is 374 g/mol. The van der Waals surface area contributed by atoms with Crippen LogP contribution >= 0.6 is 11.3 Å². The Labute approximate surface area is 167 Å². The predicted octanol–water partition coefficient (Wildman–Crippen LogP) is 3.51. The minimum Gasteiger partial charge on any atom is -0.497 e. The highest BCUT2D eigenvalue weighted by Gasteiger charge is 2.38. The number of carbonyl (C=O) groups excluding carboxylic acids is 1. The molecule has 6 nitrogen and oxygen atoms in total. The van der Waals surface area contributed by atoms with Gasteiger partial charge in [0.25, 0.3) is 11.5 Å². The first-order chi connectivity index (χ1) is 13.4. The number of fused-ring (bicyclic) bond motifs is 1. The number of hydrogen-bond donors (Lipinski definition) is 1. The van der Waals surface area contributed by atoms with Crippen molar-refractivity contribution < 1.29 is 9.53 Å². The van der Waals surface area contributed by atoms with Crippen LogP contribution in [0.15, 0.2) is 35.4 Å². The van der Waals surface area contributed by atoms with Crippen LogP contribution in [-0.2, 0) is 12.6 Å². The molecule has 2 heterocycles. The van der Waals surface area contributed by atoms with Crippen LogP contribution in [0.25, 0.3) is 10.2 Å². The van der Waals surface area contributed by atoms with E-state index in [0.29, 0.717) is 20.7 Å². The van der Waals surface area contributed by atoms with Gasteiger partial charge in [0.15, 0.2) is 0 Å². The summed E-state index contributed by atoms with van der Waals surface area (Å²) in [7, 11) is 3.31. The van der Waals surface area contributed by atoms with Gasteiger partial charge in [0, 0.05) is 7.05 Å². The normalized spacial score (nSPS) is 15.7. The van der Waals surface area contributed by atoms with Gasteiger partial charge in [-0.1, -0.05) is 25.0 Å². The molecular formula is C21H23N3O3S. The van der Waals surface area contributed by atoms with Crippen LogP contribution in [0, 0.1) is 6.92 Å². The maximum Gasteiger partial charge on any atom is 0.262 e. The standard InChI is InChI=1S/C21H23N3O3S/c1-13-16-19(22-12-24(2)20(16)26)28-17(13)18(25)23-21(9-4-5-10-21)14-7-6-8-15(11-14)27-3/h6-8,11-12H,4-5,9-10H2,1-3H3,(H,23,25). The van der Waals surface area contributed by atoms with E-state index in [1.54, 1.807) is 14.2 Å². The quantitative estimate of drug-likeness (QED) is 0.731. The summed E-state index contributed by atoms with van der Waals surface area (Å²) in [6.07, 6.45) is 5.39. The van der Waals surface area contributed by atoms with Gasteiger partial charge in [-0.3, -0.25) is 9.59 Å². The third kappa shape index (κ3) is 2.99. The highest BCUT2D eigenvalue weighted by molar-refractivity contribution is 7.20. The van der Waals surface area contributed by atoms with Crippen molar-refractivity contribution in [2.45, 2.75) is 38.1 Å². The summed E-state index contributed by atoms with van der Waals surface area (Å²) in [5.41, 5.74) is 1.23. The van der Waals surface area contributed by atoms with Gasteiger partial charge in [-0.15, -0.1) is 11.3 Å². The Bertz CT molecular complexity index is 1110. The number of carbonyl (C=O) groups is 1. The van der Waals surface area contributed by atoms with Crippen LogP contribution in [-0.4, -0.2) is 22.6 Å². The van der Waals surface area contributed by atoms with E-state index in [4.69, 9.17) is 4.74 Å². The van der Waals surface area contributed by atoms with Crippen LogP contribution in [0.3, 0.4) is 0 Å². The molecule has 2 aromatic heterocycles. The second-order valence-electron chi connectivity index (χ2n) is 7.37. The average Bonchev–Trinajstić information content (AvgIpc) is 3.30. The van der Waals surface area contributed by atoms with E-state index < -0.39 is 5.54 Å². The molecule has 3 aromatic rings. The van der Waals surface area contributed by atoms with E-state index in [1.807, 2.05) is 31.2 Å². The van der Waals surface area contributed by atoms with Crippen LogP contribution in [0.1, 0.15) is 46.5 Å². The summed E-state index contributed by atoms with van der Waals surface area (Å²) in [5, 5.41) is 3.82. The SMILES string of the molecule is COc1cccc(C2(NC(=O)c3sc4ncn(C)c(=O)c4c3C)CCCC2)c1. The maximum atomic E-state index is 13.3. The Balaban J connectivity index is 1.73. The number of thiophene rings is 1. The molecule has 1 aliphatic rings. The van der Waals surface area contributed by atoms with E-state index in [9.17, 15) is 9.59 Å². The van der Waals surface area contributed by atoms with Crippen molar-refractivity contribution in [2.24, 2.45) is 7.05 Å². The smallest absolute Gasteiger partial charge is 0.262 e. The number of amides is 1. The van der Waals surface area contributed by atoms with Crippen molar-refractivity contribution in [3.05, 3.63) is 57.0 Å². The molecule has 0 bridgehead atoms. The average molecular weight is 398 g/mol. The molecule has 7 heteroatoms. The van der Waals surface area contributed by atoms with Gasteiger partial charge in [0.1, 0.15) is 10.6 Å². The third-order valence-electron chi connectivity index (χ3n) is 5.65. The molecule has 1 saturated carbocycles. The summed E-state index contributed by atoms with van der Waals surface area (Å²) in [4.78, 5) is 31.2. The molecule has 0 saturated heterocycles. The van der Waals surface area contributed by atoms with Gasteiger partial charge >= 0.3 is 0 Å². The van der Waals surface area contributed by atoms with E-state index in [-0.39, 0.29) is 11.5 Å². The fourth-order valence-corrected chi connectivity index (χ4v) is 5.12. The van der Waals surface area contributed by atoms with Crippen molar-refractivity contribution in [3.8, 4) is 5.75 Å². The summed E-state index contributed by atoms with van der Waals surface area (Å²) >= 11 is 1.28. The lowest BCUT2D eigenvalue weighted by Gasteiger charge is -2.31. The van der Waals surface area contributed by atoms with Gasteiger partial charge in [-0.2, -0.15) is 0 Å². The zero-order valence-corrected chi connectivity index (χ0v) is 17.1. The number of benzene rings is 1. The van der Waals surface area contributed by atoms with Crippen LogP contribution in [0.5, 0.6) is 5.75 Å². The molecule has 0 atom stereocenters. The Morgan fingerprint density at radius 1 is 1.32 bits per heavy atom. The predicted molar refractivity (Wildman–Crippen MR) is 110 cm³/mol. The number of rotatable bonds is 4. The molecule has 0 aliphatic heterocycles. The molecule has 146 valence electrons. The number of nitrogens with one attached hydrogen (secondary N) is 1. The molecule has 4 rings (SSSR count). The van der Waals surface area contributed by atoms with Gasteiger partial charge in [-0.25, -0.2) is 4.98 Å². The maximum absolute atomic E-state index is 13.3. The second-order valence-corrected chi connectivity index (χ2v) is 8.37. The second kappa shape index (κ2) is 7.05. The van der Waals surface area contributed by atoms with Crippen molar-refractivity contribution in [2.75, 3.05) is 7.11 Å². The van der Waals surface area contributed by atoms with E-state index >= 15 is 0 Å². The van der Waals surface area contributed by atoms with E-state index in [1.165, 1.54) is 22.2 Å². The molecule has 1 aliphatic carbocycles. The number of nitrogens with zero attached hydrogens (tertiary/aromatic N) is 2. The molecule has 0 spiro atoms. The number of methoxy groups -OCH3 is 1. The minimum absolute atomic E-state index is 0.124. The van der Waals surface area contributed by atoms with Crippen molar-refractivity contribution in [1.29, 1.82) is 0 Å². The molecule has 1 N–H and O–H groups in total. The Hall–Kier alpha value is -2.67. The topological polar surface area (TPSA) is 73.2 Å². The van der Waals surface area contributed by atoms with Gasteiger partial charge in [0.2, 0.25) is 0 Å². The number of aryl methyl sites for hydroxylation is 2.